The highest BCUT2D eigenvalue weighted by Gasteiger charge is 2.26. The Morgan fingerprint density at radius 3 is 1.57 bits per heavy atom. The first-order chi connectivity index (χ1) is 10.8. The summed E-state index contributed by atoms with van der Waals surface area (Å²) in [5, 5.41) is 4.13. The number of hydrazine groups is 2. The zero-order valence-corrected chi connectivity index (χ0v) is 16.3. The van der Waals surface area contributed by atoms with Crippen molar-refractivity contribution in [3.63, 3.8) is 0 Å². The Morgan fingerprint density at radius 1 is 0.913 bits per heavy atom. The standard InChI is InChI=1S/C13H20N4O2S4/c1-16(12(20)22-8-3-4-8)14-10(18)7-11(19)15-17(2)13(21)23-9-5-6-9/h8-9H,3-7H2,1-2H3,(H,14,18)(H,15,19). The molecule has 23 heavy (non-hydrogen) atoms. The van der Waals surface area contributed by atoms with Crippen LogP contribution >= 0.6 is 48.0 Å². The lowest BCUT2D eigenvalue weighted by atomic mass is 10.4. The largest absolute Gasteiger partial charge is 0.273 e. The summed E-state index contributed by atoms with van der Waals surface area (Å²) in [7, 11) is 3.36. The molecule has 0 aromatic carbocycles. The van der Waals surface area contributed by atoms with Crippen LogP contribution in [0.2, 0.25) is 0 Å². The first-order valence-corrected chi connectivity index (χ1v) is 9.90. The van der Waals surface area contributed by atoms with Crippen LogP contribution in [0.25, 0.3) is 0 Å². The number of thiocarbonyl (C=S) groups is 2. The van der Waals surface area contributed by atoms with E-state index in [1.54, 1.807) is 37.6 Å². The highest BCUT2D eigenvalue weighted by atomic mass is 32.2. The van der Waals surface area contributed by atoms with Crippen molar-refractivity contribution < 1.29 is 9.59 Å². The summed E-state index contributed by atoms with van der Waals surface area (Å²) < 4.78 is 1.22. The molecule has 0 spiro atoms. The molecule has 0 aromatic heterocycles. The van der Waals surface area contributed by atoms with E-state index in [-0.39, 0.29) is 6.42 Å². The van der Waals surface area contributed by atoms with Gasteiger partial charge in [0.05, 0.1) is 0 Å². The van der Waals surface area contributed by atoms with E-state index in [9.17, 15) is 9.59 Å². The number of carbonyl (C=O) groups excluding carboxylic acids is 2. The summed E-state index contributed by atoms with van der Waals surface area (Å²) in [6, 6.07) is 0. The predicted molar refractivity (Wildman–Crippen MR) is 103 cm³/mol. The lowest BCUT2D eigenvalue weighted by Gasteiger charge is -2.22. The molecule has 0 radical (unpaired) electrons. The van der Waals surface area contributed by atoms with Gasteiger partial charge in [0.15, 0.2) is 8.64 Å². The Labute approximate surface area is 155 Å². The summed E-state index contributed by atoms with van der Waals surface area (Å²) in [5.41, 5.74) is 5.21. The van der Waals surface area contributed by atoms with Crippen molar-refractivity contribution in [2.24, 2.45) is 0 Å². The predicted octanol–water partition coefficient (Wildman–Crippen LogP) is 1.66. The third kappa shape index (κ3) is 7.23. The molecule has 2 saturated carbocycles. The van der Waals surface area contributed by atoms with Gasteiger partial charge in [0, 0.05) is 24.6 Å². The second kappa shape index (κ2) is 8.50. The van der Waals surface area contributed by atoms with Crippen molar-refractivity contribution in [1.29, 1.82) is 0 Å². The number of nitrogens with one attached hydrogen (secondary N) is 2. The molecular weight excluding hydrogens is 372 g/mol. The average Bonchev–Trinajstić information content (AvgIpc) is 3.33. The van der Waals surface area contributed by atoms with Gasteiger partial charge in [-0.25, -0.2) is 0 Å². The zero-order valence-electron chi connectivity index (χ0n) is 13.0. The molecule has 128 valence electrons. The molecular formula is C13H20N4O2S4. The van der Waals surface area contributed by atoms with Crippen LogP contribution in [-0.4, -0.2) is 55.1 Å². The van der Waals surface area contributed by atoms with Gasteiger partial charge in [-0.2, -0.15) is 0 Å². The fraction of sp³-hybridized carbons (Fsp3) is 0.692. The van der Waals surface area contributed by atoms with E-state index < -0.39 is 11.8 Å². The molecule has 6 nitrogen and oxygen atoms in total. The number of hydrogen-bond acceptors (Lipinski definition) is 6. The highest BCUT2D eigenvalue weighted by molar-refractivity contribution is 8.23. The van der Waals surface area contributed by atoms with Gasteiger partial charge in [0.25, 0.3) is 0 Å². The van der Waals surface area contributed by atoms with Gasteiger partial charge in [-0.1, -0.05) is 48.0 Å². The fourth-order valence-electron chi connectivity index (χ4n) is 1.51. The molecule has 0 bridgehead atoms. The monoisotopic (exact) mass is 392 g/mol. The quantitative estimate of drug-likeness (QED) is 0.426. The summed E-state index contributed by atoms with van der Waals surface area (Å²) >= 11 is 13.6. The third-order valence-corrected chi connectivity index (χ3v) is 6.72. The number of hydrogen-bond donors (Lipinski definition) is 2. The molecule has 2 fully saturated rings. The molecule has 0 aliphatic heterocycles. The van der Waals surface area contributed by atoms with Crippen molar-refractivity contribution in [3.05, 3.63) is 0 Å². The molecule has 2 amide bonds. The van der Waals surface area contributed by atoms with E-state index in [2.05, 4.69) is 10.9 Å². The maximum atomic E-state index is 11.9. The molecule has 2 N–H and O–H groups in total. The lowest BCUT2D eigenvalue weighted by Crippen LogP contribution is -2.46. The van der Waals surface area contributed by atoms with Crippen molar-refractivity contribution in [2.45, 2.75) is 42.6 Å². The third-order valence-electron chi connectivity index (χ3n) is 3.04. The Hall–Kier alpha value is -0.580. The van der Waals surface area contributed by atoms with Crippen LogP contribution in [0.3, 0.4) is 0 Å². The first-order valence-electron chi connectivity index (χ1n) is 7.33. The minimum Gasteiger partial charge on any atom is -0.273 e. The molecule has 0 saturated heterocycles. The second-order valence-corrected chi connectivity index (χ2v) is 9.40. The van der Waals surface area contributed by atoms with E-state index in [1.165, 1.54) is 35.7 Å². The molecule has 10 heteroatoms. The van der Waals surface area contributed by atoms with Crippen LogP contribution in [0.1, 0.15) is 32.1 Å². The highest BCUT2D eigenvalue weighted by Crippen LogP contribution is 2.35. The van der Waals surface area contributed by atoms with Crippen molar-refractivity contribution in [2.75, 3.05) is 14.1 Å². The molecule has 0 heterocycles. The number of nitrogens with zero attached hydrogens (tertiary/aromatic N) is 2. The lowest BCUT2D eigenvalue weighted by molar-refractivity contribution is -0.132. The topological polar surface area (TPSA) is 64.7 Å². The zero-order chi connectivity index (χ0) is 17.0. The van der Waals surface area contributed by atoms with Crippen LogP contribution in [0.4, 0.5) is 0 Å². The summed E-state index contributed by atoms with van der Waals surface area (Å²) in [6.07, 6.45) is 4.39. The Kier molecular flexibility index (Phi) is 6.93. The normalized spacial score (nSPS) is 16.4. The Bertz CT molecular complexity index is 464. The van der Waals surface area contributed by atoms with Gasteiger partial charge in [0.2, 0.25) is 11.8 Å². The minimum atomic E-state index is -0.405. The van der Waals surface area contributed by atoms with Crippen LogP contribution in [0.5, 0.6) is 0 Å². The Morgan fingerprint density at radius 2 is 1.26 bits per heavy atom. The van der Waals surface area contributed by atoms with E-state index in [0.717, 1.165) is 0 Å². The first kappa shape index (κ1) is 18.8. The molecule has 0 aromatic rings. The van der Waals surface area contributed by atoms with Gasteiger partial charge in [-0.05, 0) is 25.7 Å². The maximum Gasteiger partial charge on any atom is 0.248 e. The van der Waals surface area contributed by atoms with E-state index in [0.29, 0.717) is 19.1 Å². The fourth-order valence-corrected chi connectivity index (χ4v) is 4.13. The maximum absolute atomic E-state index is 11.9. The van der Waals surface area contributed by atoms with Crippen LogP contribution < -0.4 is 10.9 Å². The van der Waals surface area contributed by atoms with Gasteiger partial charge in [0.1, 0.15) is 6.42 Å². The number of carbonyl (C=O) groups is 2. The minimum absolute atomic E-state index is 0.276. The van der Waals surface area contributed by atoms with Gasteiger partial charge in [-0.15, -0.1) is 0 Å². The van der Waals surface area contributed by atoms with E-state index in [1.807, 2.05) is 0 Å². The van der Waals surface area contributed by atoms with E-state index in [4.69, 9.17) is 24.4 Å². The van der Waals surface area contributed by atoms with Gasteiger partial charge in [-0.3, -0.25) is 30.5 Å². The van der Waals surface area contributed by atoms with Gasteiger partial charge >= 0.3 is 0 Å². The van der Waals surface area contributed by atoms with Crippen LogP contribution in [0, 0.1) is 0 Å². The van der Waals surface area contributed by atoms with Crippen LogP contribution in [-0.2, 0) is 9.59 Å². The number of amides is 2. The number of rotatable bonds is 4. The number of thioether (sulfide) groups is 2. The molecule has 0 unspecified atom stereocenters. The summed E-state index contributed by atoms with van der Waals surface area (Å²) in [6.45, 7) is 0. The summed E-state index contributed by atoms with van der Waals surface area (Å²) in [5.74, 6) is -0.809. The second-order valence-electron chi connectivity index (χ2n) is 5.53. The van der Waals surface area contributed by atoms with Crippen molar-refractivity contribution in [1.82, 2.24) is 20.9 Å². The molecule has 0 atom stereocenters. The molecule has 2 rings (SSSR count). The smallest absolute Gasteiger partial charge is 0.248 e. The van der Waals surface area contributed by atoms with Crippen LogP contribution in [0.15, 0.2) is 0 Å². The average molecular weight is 393 g/mol. The molecule has 2 aliphatic carbocycles. The summed E-state index contributed by atoms with van der Waals surface area (Å²) in [4.78, 5) is 23.7. The SMILES string of the molecule is CN(NC(=O)CC(=O)NN(C)C(=S)SC1CC1)C(=S)SC1CC1. The Balaban J connectivity index is 1.65. The van der Waals surface area contributed by atoms with Crippen molar-refractivity contribution >= 4 is 68.4 Å². The molecule has 2 aliphatic rings. The van der Waals surface area contributed by atoms with Crippen molar-refractivity contribution in [3.8, 4) is 0 Å². The van der Waals surface area contributed by atoms with Gasteiger partial charge < -0.3 is 0 Å². The van der Waals surface area contributed by atoms with E-state index >= 15 is 0 Å².